The van der Waals surface area contributed by atoms with Crippen LogP contribution >= 0.6 is 43.5 Å². The molecule has 0 aliphatic carbocycles. The summed E-state index contributed by atoms with van der Waals surface area (Å²) in [6.45, 7) is 0. The van der Waals surface area contributed by atoms with Crippen molar-refractivity contribution >= 4 is 54.8 Å². The van der Waals surface area contributed by atoms with Crippen LogP contribution in [0.5, 0.6) is 0 Å². The molecular weight excluding hydrogens is 439 g/mol. The van der Waals surface area contributed by atoms with Gasteiger partial charge in [0.05, 0.1) is 8.95 Å². The minimum Gasteiger partial charge on any atom is -0.313 e. The maximum Gasteiger partial charge on any atom is 0.331 e. The molecule has 0 amide bonds. The SMILES string of the molecule is Clc1ncc(Br)c2nccn12.O=c1[nH]cc(Br)c2nccn12. The lowest BCUT2D eigenvalue weighted by molar-refractivity contribution is 0.996. The van der Waals surface area contributed by atoms with Gasteiger partial charge in [-0.05, 0) is 43.5 Å². The molecule has 112 valence electrons. The zero-order valence-corrected chi connectivity index (χ0v) is 14.7. The summed E-state index contributed by atoms with van der Waals surface area (Å²) in [4.78, 5) is 25.6. The van der Waals surface area contributed by atoms with Crippen molar-refractivity contribution in [2.75, 3.05) is 0 Å². The van der Waals surface area contributed by atoms with Crippen LogP contribution < -0.4 is 5.69 Å². The third-order valence-corrected chi connectivity index (χ3v) is 4.16. The first-order valence-corrected chi connectivity index (χ1v) is 7.87. The molecular formula is C12H7Br2ClN6O. The van der Waals surface area contributed by atoms with E-state index < -0.39 is 0 Å². The highest BCUT2D eigenvalue weighted by Crippen LogP contribution is 2.17. The third kappa shape index (κ3) is 2.79. The summed E-state index contributed by atoms with van der Waals surface area (Å²) in [7, 11) is 0. The first-order valence-electron chi connectivity index (χ1n) is 5.91. The summed E-state index contributed by atoms with van der Waals surface area (Å²) in [5.74, 6) is 0. The van der Waals surface area contributed by atoms with Crippen molar-refractivity contribution in [2.45, 2.75) is 0 Å². The molecule has 0 aliphatic rings. The number of nitrogens with zero attached hydrogens (tertiary/aromatic N) is 5. The van der Waals surface area contributed by atoms with E-state index in [0.717, 1.165) is 14.6 Å². The van der Waals surface area contributed by atoms with Crippen molar-refractivity contribution in [3.63, 3.8) is 0 Å². The van der Waals surface area contributed by atoms with Crippen molar-refractivity contribution in [3.05, 3.63) is 61.9 Å². The number of aromatic amines is 1. The molecule has 0 saturated heterocycles. The number of fused-ring (bicyclic) bond motifs is 2. The molecule has 0 radical (unpaired) electrons. The van der Waals surface area contributed by atoms with Crippen LogP contribution in [0.25, 0.3) is 11.3 Å². The monoisotopic (exact) mass is 444 g/mol. The van der Waals surface area contributed by atoms with Crippen molar-refractivity contribution in [1.29, 1.82) is 0 Å². The number of hydrogen-bond acceptors (Lipinski definition) is 4. The van der Waals surface area contributed by atoms with Gasteiger partial charge in [-0.2, -0.15) is 0 Å². The predicted octanol–water partition coefficient (Wildman–Crippen LogP) is 2.93. The Kier molecular flexibility index (Phi) is 4.27. The maximum absolute atomic E-state index is 11.0. The Morgan fingerprint density at radius 1 is 1.00 bits per heavy atom. The number of imidazole rings is 2. The number of nitrogens with one attached hydrogen (secondary N) is 1. The van der Waals surface area contributed by atoms with Crippen LogP contribution in [0.2, 0.25) is 5.28 Å². The quantitative estimate of drug-likeness (QED) is 0.421. The molecule has 0 unspecified atom stereocenters. The standard InChI is InChI=1S/C6H3BrClN3.C6H4BrN3O/c7-4-3-10-6(8)11-2-1-9-5(4)11;7-4-3-9-6(11)10-2-1-8-5(4)10/h1-3H;1-3H,(H,9,11). The van der Waals surface area contributed by atoms with Gasteiger partial charge in [-0.15, -0.1) is 0 Å². The van der Waals surface area contributed by atoms with E-state index >= 15 is 0 Å². The van der Waals surface area contributed by atoms with E-state index in [4.69, 9.17) is 11.6 Å². The second-order valence-electron chi connectivity index (χ2n) is 4.06. The summed E-state index contributed by atoms with van der Waals surface area (Å²) in [5.41, 5.74) is 1.24. The van der Waals surface area contributed by atoms with Gasteiger partial charge in [0.2, 0.25) is 5.28 Å². The van der Waals surface area contributed by atoms with Gasteiger partial charge < -0.3 is 4.98 Å². The van der Waals surface area contributed by atoms with E-state index in [0.29, 0.717) is 10.9 Å². The molecule has 10 heteroatoms. The minimum absolute atomic E-state index is 0.180. The zero-order valence-electron chi connectivity index (χ0n) is 10.7. The number of H-pyrrole nitrogens is 1. The van der Waals surface area contributed by atoms with Gasteiger partial charge in [-0.1, -0.05) is 0 Å². The Bertz CT molecular complexity index is 972. The normalized spacial score (nSPS) is 10.7. The first-order chi connectivity index (χ1) is 10.6. The molecule has 7 nitrogen and oxygen atoms in total. The molecule has 0 aliphatic heterocycles. The summed E-state index contributed by atoms with van der Waals surface area (Å²) < 4.78 is 4.75. The topological polar surface area (TPSA) is 80.3 Å². The molecule has 0 spiro atoms. The first kappa shape index (κ1) is 15.2. The van der Waals surface area contributed by atoms with Gasteiger partial charge >= 0.3 is 5.69 Å². The summed E-state index contributed by atoms with van der Waals surface area (Å²) in [6, 6.07) is 0. The Morgan fingerprint density at radius 3 is 2.27 bits per heavy atom. The molecule has 0 bridgehead atoms. The third-order valence-electron chi connectivity index (χ3n) is 2.73. The Morgan fingerprint density at radius 2 is 1.64 bits per heavy atom. The average molecular weight is 446 g/mol. The van der Waals surface area contributed by atoms with E-state index in [2.05, 4.69) is 51.8 Å². The lowest BCUT2D eigenvalue weighted by atomic mass is 10.6. The van der Waals surface area contributed by atoms with Gasteiger partial charge in [0.15, 0.2) is 11.3 Å². The van der Waals surface area contributed by atoms with Crippen LogP contribution in [0.3, 0.4) is 0 Å². The molecule has 22 heavy (non-hydrogen) atoms. The fraction of sp³-hybridized carbons (Fsp3) is 0. The Hall–Kier alpha value is -1.71. The molecule has 4 heterocycles. The molecule has 4 aromatic rings. The van der Waals surface area contributed by atoms with E-state index in [-0.39, 0.29) is 5.69 Å². The van der Waals surface area contributed by atoms with Crippen LogP contribution in [0.15, 0.2) is 50.9 Å². The number of hydrogen-bond donors (Lipinski definition) is 1. The van der Waals surface area contributed by atoms with Gasteiger partial charge in [-0.3, -0.25) is 8.80 Å². The minimum atomic E-state index is -0.180. The van der Waals surface area contributed by atoms with Gasteiger partial charge in [0.1, 0.15) is 0 Å². The lowest BCUT2D eigenvalue weighted by Gasteiger charge is -1.96. The zero-order chi connectivity index (χ0) is 15.7. The van der Waals surface area contributed by atoms with E-state index in [1.165, 1.54) is 4.40 Å². The summed E-state index contributed by atoms with van der Waals surface area (Å²) >= 11 is 12.3. The lowest BCUT2D eigenvalue weighted by Crippen LogP contribution is -2.14. The van der Waals surface area contributed by atoms with E-state index in [1.807, 2.05) is 0 Å². The van der Waals surface area contributed by atoms with E-state index in [1.54, 1.807) is 41.6 Å². The van der Waals surface area contributed by atoms with Crippen molar-refractivity contribution in [2.24, 2.45) is 0 Å². The van der Waals surface area contributed by atoms with E-state index in [9.17, 15) is 4.79 Å². The fourth-order valence-electron chi connectivity index (χ4n) is 1.76. The average Bonchev–Trinajstić information content (AvgIpc) is 3.17. The highest BCUT2D eigenvalue weighted by molar-refractivity contribution is 9.11. The highest BCUT2D eigenvalue weighted by atomic mass is 79.9. The summed E-state index contributed by atoms with van der Waals surface area (Å²) in [5, 5.41) is 0.417. The molecule has 0 atom stereocenters. The van der Waals surface area contributed by atoms with Crippen LogP contribution in [0.4, 0.5) is 0 Å². The Labute approximate surface area is 145 Å². The molecule has 0 fully saturated rings. The maximum atomic E-state index is 11.0. The van der Waals surface area contributed by atoms with Crippen molar-refractivity contribution < 1.29 is 0 Å². The van der Waals surface area contributed by atoms with Crippen LogP contribution in [0.1, 0.15) is 0 Å². The smallest absolute Gasteiger partial charge is 0.313 e. The molecule has 1 N–H and O–H groups in total. The van der Waals surface area contributed by atoms with Gasteiger partial charge in [0.25, 0.3) is 0 Å². The predicted molar refractivity (Wildman–Crippen MR) is 89.2 cm³/mol. The highest BCUT2D eigenvalue weighted by Gasteiger charge is 2.02. The number of rotatable bonds is 0. The van der Waals surface area contributed by atoms with Gasteiger partial charge in [0, 0.05) is 37.2 Å². The second-order valence-corrected chi connectivity index (χ2v) is 6.11. The summed E-state index contributed by atoms with van der Waals surface area (Å²) in [6.07, 6.45) is 9.83. The van der Waals surface area contributed by atoms with Crippen LogP contribution in [0, 0.1) is 0 Å². The van der Waals surface area contributed by atoms with Crippen molar-refractivity contribution in [1.82, 2.24) is 28.7 Å². The molecule has 0 aromatic carbocycles. The molecule has 4 aromatic heterocycles. The molecule has 4 rings (SSSR count). The number of halogens is 3. The number of aromatic nitrogens is 6. The van der Waals surface area contributed by atoms with Crippen molar-refractivity contribution in [3.8, 4) is 0 Å². The van der Waals surface area contributed by atoms with Gasteiger partial charge in [-0.25, -0.2) is 19.7 Å². The van der Waals surface area contributed by atoms with Crippen LogP contribution in [-0.2, 0) is 0 Å². The van der Waals surface area contributed by atoms with Crippen LogP contribution in [-0.4, -0.2) is 28.7 Å². The molecule has 0 saturated carbocycles. The second kappa shape index (κ2) is 6.19. The Balaban J connectivity index is 0.000000131. The fourth-order valence-corrected chi connectivity index (χ4v) is 2.75. The largest absolute Gasteiger partial charge is 0.331 e.